The molecule has 2 N–H and O–H groups in total. The highest BCUT2D eigenvalue weighted by Crippen LogP contribution is 2.22. The standard InChI is InChI=1S/C19H22N2.ClH.H2O/c1-16-7-9-17(10-8-16)18(19-6-2-3-12-20-19)11-15-21-13-4-5-14-21;;/h2-3,6-12H,4-5,13-15H2,1H3;1H;1H2/b18-11+;;. The molecule has 2 heterocycles. The molecule has 3 nitrogen and oxygen atoms in total. The minimum absolute atomic E-state index is 0. The van der Waals surface area contributed by atoms with E-state index in [2.05, 4.69) is 59.3 Å². The molecule has 1 fully saturated rings. The summed E-state index contributed by atoms with van der Waals surface area (Å²) in [4.78, 5) is 7.05. The zero-order valence-corrected chi connectivity index (χ0v) is 14.3. The van der Waals surface area contributed by atoms with Gasteiger partial charge in [0.2, 0.25) is 0 Å². The second kappa shape index (κ2) is 9.46. The quantitative estimate of drug-likeness (QED) is 0.803. The van der Waals surface area contributed by atoms with Crippen LogP contribution in [0.25, 0.3) is 5.57 Å². The predicted molar refractivity (Wildman–Crippen MR) is 92.9 cm³/mol. The van der Waals surface area contributed by atoms with Gasteiger partial charge >= 0.3 is 1.43 Å². The van der Waals surface area contributed by atoms with Crippen molar-refractivity contribution in [2.24, 2.45) is 0 Å². The Morgan fingerprint density at radius 2 is 1.83 bits per heavy atom. The van der Waals surface area contributed by atoms with Crippen molar-refractivity contribution in [1.82, 2.24) is 9.88 Å². The summed E-state index contributed by atoms with van der Waals surface area (Å²) in [5, 5.41) is 0. The fourth-order valence-electron chi connectivity index (χ4n) is 2.81. The van der Waals surface area contributed by atoms with Crippen LogP contribution in [-0.4, -0.2) is 35.0 Å². The van der Waals surface area contributed by atoms with E-state index in [1.165, 1.54) is 42.6 Å². The number of halogens is 1. The topological polar surface area (TPSA) is 47.6 Å². The van der Waals surface area contributed by atoms with E-state index in [0.717, 1.165) is 12.2 Å². The third-order valence-corrected chi connectivity index (χ3v) is 4.06. The van der Waals surface area contributed by atoms with Crippen LogP contribution in [0.4, 0.5) is 0 Å². The Hall–Kier alpha value is -1.68. The minimum atomic E-state index is 0. The molecule has 0 spiro atoms. The lowest BCUT2D eigenvalue weighted by Crippen LogP contribution is -3.00. The van der Waals surface area contributed by atoms with Crippen LogP contribution in [0.2, 0.25) is 0 Å². The fraction of sp³-hybridized carbons (Fsp3) is 0.316. The lowest BCUT2D eigenvalue weighted by Gasteiger charge is -2.14. The first-order valence-corrected chi connectivity index (χ1v) is 7.74. The summed E-state index contributed by atoms with van der Waals surface area (Å²) in [7, 11) is 0. The van der Waals surface area contributed by atoms with Crippen LogP contribution < -0.4 is 12.4 Å². The number of aryl methyl sites for hydroxylation is 1. The molecule has 0 bridgehead atoms. The third-order valence-electron chi connectivity index (χ3n) is 4.06. The van der Waals surface area contributed by atoms with Gasteiger partial charge in [-0.15, -0.1) is 0 Å². The Balaban J connectivity index is 0.00000176. The van der Waals surface area contributed by atoms with Gasteiger partial charge in [0.1, 0.15) is 0 Å². The number of hydrogen-bond acceptors (Lipinski definition) is 2. The summed E-state index contributed by atoms with van der Waals surface area (Å²) in [6, 6.07) is 14.8. The molecular formula is C19H25ClN2O. The molecule has 1 aliphatic heterocycles. The van der Waals surface area contributed by atoms with E-state index in [4.69, 9.17) is 0 Å². The van der Waals surface area contributed by atoms with Gasteiger partial charge in [0, 0.05) is 18.3 Å². The monoisotopic (exact) mass is 332 g/mol. The van der Waals surface area contributed by atoms with Crippen LogP contribution in [0.15, 0.2) is 54.7 Å². The van der Waals surface area contributed by atoms with Crippen LogP contribution in [0.3, 0.4) is 0 Å². The van der Waals surface area contributed by atoms with Gasteiger partial charge in [0.05, 0.1) is 5.69 Å². The Morgan fingerprint density at radius 3 is 2.43 bits per heavy atom. The molecule has 3 rings (SSSR count). The molecule has 23 heavy (non-hydrogen) atoms. The summed E-state index contributed by atoms with van der Waals surface area (Å²) in [6.07, 6.45) is 6.86. The van der Waals surface area contributed by atoms with Gasteiger partial charge in [-0.1, -0.05) is 42.0 Å². The number of hydrogen-bond donors (Lipinski definition) is 0. The second-order valence-corrected chi connectivity index (χ2v) is 5.71. The van der Waals surface area contributed by atoms with E-state index >= 15 is 0 Å². The first kappa shape index (κ1) is 19.4. The molecule has 124 valence electrons. The molecular weight excluding hydrogens is 308 g/mol. The van der Waals surface area contributed by atoms with Gasteiger partial charge in [-0.25, -0.2) is 0 Å². The fourth-order valence-corrected chi connectivity index (χ4v) is 2.81. The number of aromatic nitrogens is 1. The smallest absolute Gasteiger partial charge is 1.00 e. The van der Waals surface area contributed by atoms with Gasteiger partial charge in [-0.05, 0) is 50.6 Å². The van der Waals surface area contributed by atoms with E-state index in [-0.39, 0.29) is 19.3 Å². The van der Waals surface area contributed by atoms with Gasteiger partial charge in [0.25, 0.3) is 0 Å². The highest BCUT2D eigenvalue weighted by molar-refractivity contribution is 5.78. The molecule has 0 saturated carbocycles. The van der Waals surface area contributed by atoms with Crippen molar-refractivity contribution in [1.29, 1.82) is 0 Å². The van der Waals surface area contributed by atoms with Crippen LogP contribution in [0.5, 0.6) is 0 Å². The number of likely N-dealkylation sites (tertiary alicyclic amines) is 1. The molecule has 1 aromatic heterocycles. The number of pyridine rings is 1. The second-order valence-electron chi connectivity index (χ2n) is 5.71. The van der Waals surface area contributed by atoms with Gasteiger partial charge in [0.15, 0.2) is 0 Å². The summed E-state index contributed by atoms with van der Waals surface area (Å²) in [5.41, 5.74) is 4.83. The largest absolute Gasteiger partial charge is 1.00 e. The lowest BCUT2D eigenvalue weighted by molar-refractivity contribution is -0.00000553. The summed E-state index contributed by atoms with van der Waals surface area (Å²) in [6.45, 7) is 5.58. The molecule has 1 aromatic carbocycles. The Bertz CT molecular complexity index is 611. The van der Waals surface area contributed by atoms with E-state index < -0.39 is 0 Å². The van der Waals surface area contributed by atoms with E-state index in [1.54, 1.807) is 0 Å². The van der Waals surface area contributed by atoms with Crippen molar-refractivity contribution < 1.29 is 19.3 Å². The maximum Gasteiger partial charge on any atom is 1.00 e. The maximum atomic E-state index is 4.54. The Morgan fingerprint density at radius 1 is 1.13 bits per heavy atom. The van der Waals surface area contributed by atoms with Crippen LogP contribution in [0, 0.1) is 6.92 Å². The van der Waals surface area contributed by atoms with Crippen molar-refractivity contribution in [3.63, 3.8) is 0 Å². The normalized spacial score (nSPS) is 14.9. The Kier molecular flexibility index (Phi) is 7.96. The van der Waals surface area contributed by atoms with Gasteiger partial charge < -0.3 is 17.9 Å². The van der Waals surface area contributed by atoms with E-state index in [0.29, 0.717) is 0 Å². The van der Waals surface area contributed by atoms with Crippen molar-refractivity contribution in [3.05, 3.63) is 71.6 Å². The lowest BCUT2D eigenvalue weighted by atomic mass is 10.0. The van der Waals surface area contributed by atoms with Crippen molar-refractivity contribution in [3.8, 4) is 0 Å². The molecule has 0 amide bonds. The van der Waals surface area contributed by atoms with Crippen molar-refractivity contribution >= 4 is 5.57 Å². The zero-order chi connectivity index (χ0) is 14.5. The summed E-state index contributed by atoms with van der Waals surface area (Å²) < 4.78 is 0. The molecule has 1 saturated heterocycles. The molecule has 2 aromatic rings. The van der Waals surface area contributed by atoms with E-state index in [9.17, 15) is 0 Å². The predicted octanol–water partition coefficient (Wildman–Crippen LogP) is 0.209. The minimum Gasteiger partial charge on any atom is -1.00 e. The highest BCUT2D eigenvalue weighted by Gasteiger charge is 2.11. The van der Waals surface area contributed by atoms with E-state index in [1.807, 2.05) is 12.3 Å². The van der Waals surface area contributed by atoms with Gasteiger partial charge in [-0.2, -0.15) is 0 Å². The molecule has 0 radical (unpaired) electrons. The molecule has 0 unspecified atom stereocenters. The first-order chi connectivity index (χ1) is 10.3. The number of benzene rings is 1. The van der Waals surface area contributed by atoms with Crippen molar-refractivity contribution in [2.75, 3.05) is 19.6 Å². The molecule has 1 aliphatic rings. The SMILES string of the molecule is Cc1ccc(/C(=C\CN2CCCC2)c2ccccn2)cc1.O.[Cl-].[H+]. The highest BCUT2D eigenvalue weighted by atomic mass is 35.5. The van der Waals surface area contributed by atoms with Crippen molar-refractivity contribution in [2.45, 2.75) is 19.8 Å². The van der Waals surface area contributed by atoms with Crippen LogP contribution in [-0.2, 0) is 0 Å². The Labute approximate surface area is 146 Å². The first-order valence-electron chi connectivity index (χ1n) is 7.74. The molecule has 4 heteroatoms. The van der Waals surface area contributed by atoms with Crippen LogP contribution in [0.1, 0.15) is 31.1 Å². The number of rotatable bonds is 4. The molecule has 0 aliphatic carbocycles. The third kappa shape index (κ3) is 5.17. The van der Waals surface area contributed by atoms with Gasteiger partial charge in [-0.3, -0.25) is 9.88 Å². The summed E-state index contributed by atoms with van der Waals surface area (Å²) >= 11 is 0. The average Bonchev–Trinajstić information content (AvgIpc) is 3.04. The van der Waals surface area contributed by atoms with Crippen LogP contribution >= 0.6 is 0 Å². The maximum absolute atomic E-state index is 4.54. The summed E-state index contributed by atoms with van der Waals surface area (Å²) in [5.74, 6) is 0. The molecule has 0 atom stereocenters. The number of nitrogens with zero attached hydrogens (tertiary/aromatic N) is 2. The average molecular weight is 333 g/mol. The zero-order valence-electron chi connectivity index (χ0n) is 14.5.